The Bertz CT molecular complexity index is 1380. The van der Waals surface area contributed by atoms with Gasteiger partial charge in [-0.05, 0) is 32.3 Å². The SMILES string of the molecule is COc1cc(OC)c(Cl)c(-c2ccc(OC(=O)Nc3ccn(CCN(C)C)c3)c3nccnc23)c1Cl. The Labute approximate surface area is 218 Å². The van der Waals surface area contributed by atoms with Gasteiger partial charge in [0, 0.05) is 55.1 Å². The second-order valence-corrected chi connectivity index (χ2v) is 8.86. The van der Waals surface area contributed by atoms with Crippen LogP contribution >= 0.6 is 23.2 Å². The van der Waals surface area contributed by atoms with Crippen molar-refractivity contribution in [2.75, 3.05) is 40.2 Å². The molecule has 2 heterocycles. The van der Waals surface area contributed by atoms with Crippen LogP contribution in [0.1, 0.15) is 0 Å². The number of carbonyl (C=O) groups excluding carboxylic acids is 1. The highest BCUT2D eigenvalue weighted by molar-refractivity contribution is 6.41. The number of likely N-dealkylation sites (N-methyl/N-ethyl adjacent to an activating group) is 1. The summed E-state index contributed by atoms with van der Waals surface area (Å²) in [7, 11) is 7.01. The molecule has 0 spiro atoms. The molecule has 4 aromatic rings. The van der Waals surface area contributed by atoms with Gasteiger partial charge in [-0.25, -0.2) is 9.78 Å². The average molecular weight is 530 g/mol. The summed E-state index contributed by atoms with van der Waals surface area (Å²) in [6.07, 6.45) is 6.12. The Morgan fingerprint density at radius 3 is 2.31 bits per heavy atom. The highest BCUT2D eigenvalue weighted by Crippen LogP contribution is 2.47. The van der Waals surface area contributed by atoms with Gasteiger partial charge in [0.15, 0.2) is 5.75 Å². The van der Waals surface area contributed by atoms with Gasteiger partial charge in [-0.3, -0.25) is 10.3 Å². The van der Waals surface area contributed by atoms with Gasteiger partial charge in [0.25, 0.3) is 0 Å². The summed E-state index contributed by atoms with van der Waals surface area (Å²) in [5.74, 6) is 1.01. The van der Waals surface area contributed by atoms with Crippen molar-refractivity contribution >= 4 is 46.0 Å². The molecule has 0 fully saturated rings. The van der Waals surface area contributed by atoms with Gasteiger partial charge < -0.3 is 23.7 Å². The first-order valence-electron chi connectivity index (χ1n) is 11.0. The van der Waals surface area contributed by atoms with Gasteiger partial charge >= 0.3 is 6.09 Å². The maximum absolute atomic E-state index is 12.7. The van der Waals surface area contributed by atoms with E-state index >= 15 is 0 Å². The molecule has 0 bridgehead atoms. The number of carbonyl (C=O) groups is 1. The normalized spacial score (nSPS) is 11.1. The molecular formula is C25H25Cl2N5O4. The number of halogens is 2. The highest BCUT2D eigenvalue weighted by Gasteiger charge is 2.22. The van der Waals surface area contributed by atoms with Gasteiger partial charge in [0.2, 0.25) is 0 Å². The zero-order valence-electron chi connectivity index (χ0n) is 20.2. The van der Waals surface area contributed by atoms with Gasteiger partial charge in [-0.1, -0.05) is 23.2 Å². The topological polar surface area (TPSA) is 90.7 Å². The van der Waals surface area contributed by atoms with Crippen molar-refractivity contribution < 1.29 is 19.0 Å². The molecule has 0 unspecified atom stereocenters. The Morgan fingerprint density at radius 2 is 1.67 bits per heavy atom. The van der Waals surface area contributed by atoms with Gasteiger partial charge in [0.1, 0.15) is 22.5 Å². The van der Waals surface area contributed by atoms with E-state index in [1.165, 1.54) is 26.6 Å². The number of ether oxygens (including phenoxy) is 3. The van der Waals surface area contributed by atoms with Crippen LogP contribution in [0.3, 0.4) is 0 Å². The Kier molecular flexibility index (Phi) is 7.83. The third kappa shape index (κ3) is 5.33. The second-order valence-electron chi connectivity index (χ2n) is 8.10. The fraction of sp³-hybridized carbons (Fsp3) is 0.240. The smallest absolute Gasteiger partial charge is 0.417 e. The van der Waals surface area contributed by atoms with Crippen LogP contribution in [0.15, 0.2) is 49.1 Å². The second kappa shape index (κ2) is 11.0. The van der Waals surface area contributed by atoms with E-state index in [9.17, 15) is 4.79 Å². The third-order valence-corrected chi connectivity index (χ3v) is 6.19. The van der Waals surface area contributed by atoms with Gasteiger partial charge in [-0.15, -0.1) is 0 Å². The molecule has 1 N–H and O–H groups in total. The molecule has 11 heteroatoms. The van der Waals surface area contributed by atoms with Crippen molar-refractivity contribution in [2.24, 2.45) is 0 Å². The Hall–Kier alpha value is -3.53. The summed E-state index contributed by atoms with van der Waals surface area (Å²) < 4.78 is 18.4. The maximum Gasteiger partial charge on any atom is 0.417 e. The summed E-state index contributed by atoms with van der Waals surface area (Å²) in [6.45, 7) is 1.67. The Balaban J connectivity index is 1.65. The number of hydrogen-bond acceptors (Lipinski definition) is 7. The molecular weight excluding hydrogens is 505 g/mol. The largest absolute Gasteiger partial charge is 0.495 e. The van der Waals surface area contributed by atoms with E-state index in [1.54, 1.807) is 24.3 Å². The summed E-state index contributed by atoms with van der Waals surface area (Å²) in [4.78, 5) is 23.6. The monoisotopic (exact) mass is 529 g/mol. The minimum absolute atomic E-state index is 0.230. The summed E-state index contributed by atoms with van der Waals surface area (Å²) in [6, 6.07) is 6.74. The lowest BCUT2D eigenvalue weighted by Crippen LogP contribution is -2.18. The molecule has 0 aliphatic rings. The van der Waals surface area contributed by atoms with E-state index in [2.05, 4.69) is 20.2 Å². The fourth-order valence-corrected chi connectivity index (χ4v) is 4.36. The molecule has 0 atom stereocenters. The lowest BCUT2D eigenvalue weighted by Gasteiger charge is -2.16. The number of aromatic nitrogens is 3. The fourth-order valence-electron chi connectivity index (χ4n) is 3.65. The first-order chi connectivity index (χ1) is 17.3. The number of amides is 1. The molecule has 36 heavy (non-hydrogen) atoms. The quantitative estimate of drug-likeness (QED) is 0.317. The van der Waals surface area contributed by atoms with Crippen molar-refractivity contribution in [3.05, 3.63) is 59.1 Å². The molecule has 0 saturated heterocycles. The van der Waals surface area contributed by atoms with Gasteiger partial charge in [0.05, 0.1) is 30.0 Å². The van der Waals surface area contributed by atoms with Crippen LogP contribution in [0.25, 0.3) is 22.2 Å². The predicted octanol–water partition coefficient (Wildman–Crippen LogP) is 5.59. The molecule has 2 aromatic carbocycles. The molecule has 0 saturated carbocycles. The number of nitrogens with zero attached hydrogens (tertiary/aromatic N) is 4. The van der Waals surface area contributed by atoms with E-state index in [4.69, 9.17) is 37.4 Å². The van der Waals surface area contributed by atoms with E-state index in [0.717, 1.165) is 13.1 Å². The average Bonchev–Trinajstić information content (AvgIpc) is 3.31. The first-order valence-corrected chi connectivity index (χ1v) is 11.7. The molecule has 9 nitrogen and oxygen atoms in total. The molecule has 188 valence electrons. The van der Waals surface area contributed by atoms with E-state index in [0.29, 0.717) is 49.4 Å². The van der Waals surface area contributed by atoms with Crippen molar-refractivity contribution in [1.82, 2.24) is 19.4 Å². The van der Waals surface area contributed by atoms with Crippen LogP contribution in [-0.2, 0) is 6.54 Å². The number of methoxy groups -OCH3 is 2. The first kappa shape index (κ1) is 25.6. The molecule has 2 aromatic heterocycles. The standard InChI is InChI=1S/C25H25Cl2N5O4/c1-31(2)11-12-32-10-7-15(14-32)30-25(33)36-17-6-5-16(23-24(17)29-9-8-28-23)20-21(26)18(34-3)13-19(35-4)22(20)27/h5-10,13-14H,11-12H2,1-4H3,(H,30,33). The van der Waals surface area contributed by atoms with Crippen molar-refractivity contribution in [2.45, 2.75) is 6.54 Å². The number of anilines is 1. The van der Waals surface area contributed by atoms with Crippen LogP contribution in [0, 0.1) is 0 Å². The van der Waals surface area contributed by atoms with Gasteiger partial charge in [-0.2, -0.15) is 0 Å². The van der Waals surface area contributed by atoms with E-state index < -0.39 is 6.09 Å². The minimum Gasteiger partial charge on any atom is -0.495 e. The van der Waals surface area contributed by atoms with E-state index in [1.807, 2.05) is 31.1 Å². The van der Waals surface area contributed by atoms with Crippen LogP contribution in [-0.4, -0.2) is 60.4 Å². The van der Waals surface area contributed by atoms with Crippen LogP contribution in [0.4, 0.5) is 10.5 Å². The number of benzene rings is 2. The summed E-state index contributed by atoms with van der Waals surface area (Å²) >= 11 is 13.2. The molecule has 0 aliphatic carbocycles. The number of rotatable bonds is 8. The lowest BCUT2D eigenvalue weighted by atomic mass is 10.0. The number of nitrogens with one attached hydrogen (secondary N) is 1. The molecule has 0 aliphatic heterocycles. The zero-order chi connectivity index (χ0) is 25.8. The highest BCUT2D eigenvalue weighted by atomic mass is 35.5. The minimum atomic E-state index is -0.654. The molecule has 1 amide bonds. The Morgan fingerprint density at radius 1 is 1.00 bits per heavy atom. The zero-order valence-corrected chi connectivity index (χ0v) is 21.7. The third-order valence-electron chi connectivity index (χ3n) is 5.44. The molecule has 4 rings (SSSR count). The predicted molar refractivity (Wildman–Crippen MR) is 141 cm³/mol. The summed E-state index contributed by atoms with van der Waals surface area (Å²) in [5.41, 5.74) is 2.47. The van der Waals surface area contributed by atoms with Crippen molar-refractivity contribution in [3.8, 4) is 28.4 Å². The van der Waals surface area contributed by atoms with E-state index in [-0.39, 0.29) is 5.75 Å². The number of fused-ring (bicyclic) bond motifs is 1. The van der Waals surface area contributed by atoms with Crippen molar-refractivity contribution in [3.63, 3.8) is 0 Å². The summed E-state index contributed by atoms with van der Waals surface area (Å²) in [5, 5.41) is 3.32. The van der Waals surface area contributed by atoms with Crippen molar-refractivity contribution in [1.29, 1.82) is 0 Å². The number of hydrogen-bond donors (Lipinski definition) is 1. The van der Waals surface area contributed by atoms with Crippen LogP contribution in [0.5, 0.6) is 17.2 Å². The molecule has 0 radical (unpaired) electrons. The van der Waals surface area contributed by atoms with Crippen LogP contribution < -0.4 is 19.5 Å². The van der Waals surface area contributed by atoms with Crippen LogP contribution in [0.2, 0.25) is 10.0 Å². The maximum atomic E-state index is 12.7. The lowest BCUT2D eigenvalue weighted by molar-refractivity contribution is 0.215.